The molecule has 1 aliphatic heterocycles. The molecule has 0 aliphatic carbocycles. The highest BCUT2D eigenvalue weighted by Gasteiger charge is 2.32. The minimum atomic E-state index is -0.489. The van der Waals surface area contributed by atoms with Crippen molar-refractivity contribution >= 4 is 11.7 Å². The van der Waals surface area contributed by atoms with Crippen LogP contribution < -0.4 is 26.0 Å². The fourth-order valence-corrected chi connectivity index (χ4v) is 3.16. The molecule has 0 saturated heterocycles. The minimum Gasteiger partial charge on any atom is -0.493 e. The Bertz CT molecular complexity index is 973. The molecule has 132 valence electrons. The Balaban J connectivity index is 2.26. The summed E-state index contributed by atoms with van der Waals surface area (Å²) < 4.78 is 12.9. The maximum atomic E-state index is 12.7. The SMILES string of the molecule is COc1ccc([C@H]2CC(=O)Nc3c2c(=O)n(C)c(=O)n3C)cc1OC. The number of rotatable bonds is 3. The maximum absolute atomic E-state index is 12.7. The van der Waals surface area contributed by atoms with Gasteiger partial charge in [0.2, 0.25) is 5.91 Å². The van der Waals surface area contributed by atoms with Crippen LogP contribution in [0.5, 0.6) is 11.5 Å². The molecule has 1 N–H and O–H groups in total. The molecule has 0 saturated carbocycles. The Kier molecular flexibility index (Phi) is 4.12. The Morgan fingerprint density at radius 1 is 1.04 bits per heavy atom. The summed E-state index contributed by atoms with van der Waals surface area (Å²) in [6, 6.07) is 5.27. The molecule has 1 aliphatic rings. The zero-order valence-electron chi connectivity index (χ0n) is 14.5. The van der Waals surface area contributed by atoms with E-state index in [-0.39, 0.29) is 18.1 Å². The molecule has 0 unspecified atom stereocenters. The number of carbonyl (C=O) groups excluding carboxylic acids is 1. The number of nitrogens with one attached hydrogen (secondary N) is 1. The van der Waals surface area contributed by atoms with Gasteiger partial charge >= 0.3 is 5.69 Å². The Morgan fingerprint density at radius 2 is 1.72 bits per heavy atom. The third-order valence-electron chi connectivity index (χ3n) is 4.51. The van der Waals surface area contributed by atoms with Crippen LogP contribution in [0.2, 0.25) is 0 Å². The van der Waals surface area contributed by atoms with Crippen molar-refractivity contribution < 1.29 is 14.3 Å². The third-order valence-corrected chi connectivity index (χ3v) is 4.51. The monoisotopic (exact) mass is 345 g/mol. The van der Waals surface area contributed by atoms with Crippen LogP contribution in [0.4, 0.5) is 5.82 Å². The van der Waals surface area contributed by atoms with Gasteiger partial charge in [-0.15, -0.1) is 0 Å². The zero-order chi connectivity index (χ0) is 18.3. The topological polar surface area (TPSA) is 91.6 Å². The first-order chi connectivity index (χ1) is 11.9. The second kappa shape index (κ2) is 6.12. The van der Waals surface area contributed by atoms with E-state index < -0.39 is 17.2 Å². The number of fused-ring (bicyclic) bond motifs is 1. The van der Waals surface area contributed by atoms with Gasteiger partial charge in [0.25, 0.3) is 5.56 Å². The largest absolute Gasteiger partial charge is 0.493 e. The second-order valence-corrected chi connectivity index (χ2v) is 5.89. The lowest BCUT2D eigenvalue weighted by Crippen LogP contribution is -2.44. The van der Waals surface area contributed by atoms with Gasteiger partial charge in [0.1, 0.15) is 5.82 Å². The smallest absolute Gasteiger partial charge is 0.332 e. The molecule has 0 fully saturated rings. The van der Waals surface area contributed by atoms with E-state index in [9.17, 15) is 14.4 Å². The predicted octanol–water partition coefficient (Wildman–Crippen LogP) is 0.575. The Labute approximate surface area is 143 Å². The highest BCUT2D eigenvalue weighted by Crippen LogP contribution is 2.37. The summed E-state index contributed by atoms with van der Waals surface area (Å²) in [6.07, 6.45) is 0.107. The molecular formula is C17H19N3O5. The van der Waals surface area contributed by atoms with Gasteiger partial charge < -0.3 is 14.8 Å². The van der Waals surface area contributed by atoms with Crippen molar-refractivity contribution in [3.63, 3.8) is 0 Å². The fourth-order valence-electron chi connectivity index (χ4n) is 3.16. The van der Waals surface area contributed by atoms with E-state index in [1.165, 1.54) is 32.9 Å². The van der Waals surface area contributed by atoms with Crippen LogP contribution in [0.3, 0.4) is 0 Å². The molecule has 1 aromatic carbocycles. The molecule has 1 aromatic heterocycles. The third kappa shape index (κ3) is 2.59. The van der Waals surface area contributed by atoms with Crippen LogP contribution in [0.1, 0.15) is 23.5 Å². The van der Waals surface area contributed by atoms with Gasteiger partial charge in [-0.05, 0) is 17.7 Å². The molecule has 0 bridgehead atoms. The van der Waals surface area contributed by atoms with E-state index in [1.807, 2.05) is 0 Å². The van der Waals surface area contributed by atoms with E-state index in [4.69, 9.17) is 9.47 Å². The van der Waals surface area contributed by atoms with Crippen LogP contribution in [0, 0.1) is 0 Å². The maximum Gasteiger partial charge on any atom is 0.332 e. The minimum absolute atomic E-state index is 0.107. The van der Waals surface area contributed by atoms with Gasteiger partial charge in [-0.3, -0.25) is 18.7 Å². The van der Waals surface area contributed by atoms with Gasteiger partial charge in [0, 0.05) is 26.4 Å². The van der Waals surface area contributed by atoms with E-state index in [2.05, 4.69) is 5.32 Å². The van der Waals surface area contributed by atoms with Crippen LogP contribution in [0.15, 0.2) is 27.8 Å². The van der Waals surface area contributed by atoms with E-state index in [1.54, 1.807) is 18.2 Å². The van der Waals surface area contributed by atoms with Crippen LogP contribution in [-0.4, -0.2) is 29.3 Å². The summed E-state index contributed by atoms with van der Waals surface area (Å²) in [5, 5.41) is 2.64. The molecule has 3 rings (SSSR count). The average Bonchev–Trinajstić information content (AvgIpc) is 2.63. The van der Waals surface area contributed by atoms with Gasteiger partial charge in [0.05, 0.1) is 19.8 Å². The van der Waals surface area contributed by atoms with E-state index in [0.29, 0.717) is 17.1 Å². The van der Waals surface area contributed by atoms with Crippen molar-refractivity contribution in [3.8, 4) is 11.5 Å². The molecule has 1 atom stereocenters. The van der Waals surface area contributed by atoms with Gasteiger partial charge in [-0.25, -0.2) is 4.79 Å². The lowest BCUT2D eigenvalue weighted by molar-refractivity contribution is -0.116. The van der Waals surface area contributed by atoms with Crippen LogP contribution in [0.25, 0.3) is 0 Å². The number of amides is 1. The molecule has 2 heterocycles. The van der Waals surface area contributed by atoms with Gasteiger partial charge in [-0.1, -0.05) is 6.07 Å². The first-order valence-electron chi connectivity index (χ1n) is 7.70. The summed E-state index contributed by atoms with van der Waals surface area (Å²) in [7, 11) is 6.00. The van der Waals surface area contributed by atoms with Crippen molar-refractivity contribution in [1.82, 2.24) is 9.13 Å². The normalized spacial score (nSPS) is 16.2. The summed E-state index contributed by atoms with van der Waals surface area (Å²) in [4.78, 5) is 37.0. The molecule has 0 radical (unpaired) electrons. The van der Waals surface area contributed by atoms with E-state index >= 15 is 0 Å². The molecule has 8 nitrogen and oxygen atoms in total. The number of methoxy groups -OCH3 is 2. The zero-order valence-corrected chi connectivity index (χ0v) is 14.5. The predicted molar refractivity (Wildman–Crippen MR) is 91.6 cm³/mol. The Morgan fingerprint density at radius 3 is 2.36 bits per heavy atom. The number of ether oxygens (including phenoxy) is 2. The lowest BCUT2D eigenvalue weighted by Gasteiger charge is -2.27. The highest BCUT2D eigenvalue weighted by molar-refractivity contribution is 5.94. The lowest BCUT2D eigenvalue weighted by atomic mass is 9.86. The van der Waals surface area contributed by atoms with Gasteiger partial charge in [-0.2, -0.15) is 0 Å². The van der Waals surface area contributed by atoms with E-state index in [0.717, 1.165) is 10.1 Å². The number of nitrogens with zero attached hydrogens (tertiary/aromatic N) is 2. The summed E-state index contributed by atoms with van der Waals surface area (Å²) in [5.74, 6) is 0.572. The number of hydrogen-bond acceptors (Lipinski definition) is 5. The number of aromatic nitrogens is 2. The quantitative estimate of drug-likeness (QED) is 0.878. The van der Waals surface area contributed by atoms with Crippen molar-refractivity contribution in [2.45, 2.75) is 12.3 Å². The van der Waals surface area contributed by atoms with Crippen molar-refractivity contribution in [3.05, 3.63) is 50.2 Å². The molecule has 0 spiro atoms. The number of benzene rings is 1. The van der Waals surface area contributed by atoms with Crippen molar-refractivity contribution in [2.75, 3.05) is 19.5 Å². The van der Waals surface area contributed by atoms with Gasteiger partial charge in [0.15, 0.2) is 11.5 Å². The molecule has 25 heavy (non-hydrogen) atoms. The van der Waals surface area contributed by atoms with Crippen LogP contribution >= 0.6 is 0 Å². The highest BCUT2D eigenvalue weighted by atomic mass is 16.5. The molecule has 2 aromatic rings. The standard InChI is InChI=1S/C17H19N3O5/c1-19-15-14(16(22)20(2)17(19)23)10(8-13(21)18-15)9-5-6-11(24-3)12(7-9)25-4/h5-7,10H,8H2,1-4H3,(H,18,21)/t10-/m1/s1. The average molecular weight is 345 g/mol. The molecule has 8 heteroatoms. The van der Waals surface area contributed by atoms with Crippen molar-refractivity contribution in [2.24, 2.45) is 14.1 Å². The molecular weight excluding hydrogens is 326 g/mol. The number of hydrogen-bond donors (Lipinski definition) is 1. The number of carbonyl (C=O) groups is 1. The van der Waals surface area contributed by atoms with Crippen LogP contribution in [-0.2, 0) is 18.9 Å². The summed E-state index contributed by atoms with van der Waals surface area (Å²) in [5.41, 5.74) is 0.218. The fraction of sp³-hybridized carbons (Fsp3) is 0.353. The second-order valence-electron chi connectivity index (χ2n) is 5.89. The first kappa shape index (κ1) is 16.8. The molecule has 1 amide bonds. The van der Waals surface area contributed by atoms with Crippen molar-refractivity contribution in [1.29, 1.82) is 0 Å². The summed E-state index contributed by atoms with van der Waals surface area (Å²) in [6.45, 7) is 0. The Hall–Kier alpha value is -3.03. The summed E-state index contributed by atoms with van der Waals surface area (Å²) >= 11 is 0. The number of anilines is 1. The first-order valence-corrected chi connectivity index (χ1v) is 7.70.